The van der Waals surface area contributed by atoms with Gasteiger partial charge in [0, 0.05) is 0 Å². The van der Waals surface area contributed by atoms with Gasteiger partial charge in [0.05, 0.1) is 5.69 Å². The number of hydrogen-bond acceptors (Lipinski definition) is 4. The molecule has 0 fully saturated rings. The van der Waals surface area contributed by atoms with Gasteiger partial charge in [-0.05, 0) is 42.3 Å². The van der Waals surface area contributed by atoms with Crippen LogP contribution in [0.2, 0.25) is 0 Å². The van der Waals surface area contributed by atoms with Crippen LogP contribution in [-0.2, 0) is 0 Å². The minimum atomic E-state index is 0.409. The molecule has 2 N–H and O–H groups in total. The zero-order chi connectivity index (χ0) is 9.14. The summed E-state index contributed by atoms with van der Waals surface area (Å²) < 4.78 is 0. The molecule has 0 aliphatic heterocycles. The van der Waals surface area contributed by atoms with Gasteiger partial charge in [-0.25, -0.2) is 0 Å². The number of anilines is 1. The summed E-state index contributed by atoms with van der Waals surface area (Å²) in [6.45, 7) is 3.59. The average Bonchev–Trinajstić information content (AvgIpc) is 2.10. The normalized spacial score (nSPS) is 9.58. The molecule has 0 aliphatic rings. The molecule has 0 spiro atoms. The molecule has 0 saturated heterocycles. The van der Waals surface area contributed by atoms with Crippen molar-refractivity contribution in [3.8, 4) is 0 Å². The Morgan fingerprint density at radius 1 is 1.33 bits per heavy atom. The largest absolute Gasteiger partial charge is 0.291 e. The summed E-state index contributed by atoms with van der Waals surface area (Å²) in [6.07, 6.45) is 0. The first-order chi connectivity index (χ1) is 5.70. The van der Waals surface area contributed by atoms with E-state index in [4.69, 9.17) is 5.21 Å². The molecule has 1 aromatic rings. The van der Waals surface area contributed by atoms with Gasteiger partial charge in [-0.1, -0.05) is 0 Å². The standard InChI is InChI=1S/C8H10N2O2/c1-5-6(2)8(10-12)4-3-7(5)9-11/h3-4,9,11H,1-2H3. The highest BCUT2D eigenvalue weighted by atomic mass is 16.5. The number of rotatable bonds is 2. The van der Waals surface area contributed by atoms with E-state index in [1.807, 2.05) is 12.4 Å². The third kappa shape index (κ3) is 1.29. The molecule has 0 aromatic heterocycles. The molecule has 0 saturated carbocycles. The Labute approximate surface area is 70.2 Å². The maximum atomic E-state index is 10.2. The number of nitrogens with zero attached hydrogens (tertiary/aromatic N) is 1. The molecule has 1 aromatic carbocycles. The van der Waals surface area contributed by atoms with Crippen LogP contribution in [0.1, 0.15) is 11.1 Å². The van der Waals surface area contributed by atoms with Crippen molar-refractivity contribution in [1.29, 1.82) is 0 Å². The second-order valence-electron chi connectivity index (χ2n) is 2.59. The van der Waals surface area contributed by atoms with Gasteiger partial charge in [0.1, 0.15) is 5.69 Å². The van der Waals surface area contributed by atoms with Crippen molar-refractivity contribution in [2.75, 3.05) is 5.48 Å². The monoisotopic (exact) mass is 166 g/mol. The van der Waals surface area contributed by atoms with Crippen LogP contribution in [0, 0.1) is 18.8 Å². The molecule has 0 aliphatic carbocycles. The molecule has 0 atom stereocenters. The van der Waals surface area contributed by atoms with Crippen molar-refractivity contribution < 1.29 is 5.21 Å². The number of nitrogens with one attached hydrogen (secondary N) is 1. The van der Waals surface area contributed by atoms with Crippen LogP contribution in [-0.4, -0.2) is 5.21 Å². The number of benzene rings is 1. The number of nitroso groups, excluding NO2 is 1. The van der Waals surface area contributed by atoms with Gasteiger partial charge in [-0.2, -0.15) is 0 Å². The van der Waals surface area contributed by atoms with E-state index in [0.29, 0.717) is 11.4 Å². The third-order valence-corrected chi connectivity index (χ3v) is 1.98. The van der Waals surface area contributed by atoms with Gasteiger partial charge in [0.25, 0.3) is 0 Å². The van der Waals surface area contributed by atoms with Crippen LogP contribution in [0.15, 0.2) is 17.3 Å². The van der Waals surface area contributed by atoms with E-state index >= 15 is 0 Å². The Kier molecular flexibility index (Phi) is 2.40. The van der Waals surface area contributed by atoms with Crippen LogP contribution in [0.5, 0.6) is 0 Å². The molecule has 12 heavy (non-hydrogen) atoms. The molecule has 0 amide bonds. The fourth-order valence-electron chi connectivity index (χ4n) is 1.03. The van der Waals surface area contributed by atoms with E-state index in [0.717, 1.165) is 11.1 Å². The van der Waals surface area contributed by atoms with Crippen LogP contribution in [0.25, 0.3) is 0 Å². The first kappa shape index (κ1) is 8.67. The van der Waals surface area contributed by atoms with E-state index in [1.54, 1.807) is 19.1 Å². The molecule has 0 heterocycles. The molecular formula is C8H10N2O2. The highest BCUT2D eigenvalue weighted by molar-refractivity contribution is 5.61. The minimum absolute atomic E-state index is 0.409. The fourth-order valence-corrected chi connectivity index (χ4v) is 1.03. The zero-order valence-electron chi connectivity index (χ0n) is 6.96. The quantitative estimate of drug-likeness (QED) is 0.524. The summed E-state index contributed by atoms with van der Waals surface area (Å²) in [6, 6.07) is 3.17. The van der Waals surface area contributed by atoms with Crippen molar-refractivity contribution in [2.45, 2.75) is 13.8 Å². The van der Waals surface area contributed by atoms with Gasteiger partial charge in [0.15, 0.2) is 0 Å². The second kappa shape index (κ2) is 3.32. The Morgan fingerprint density at radius 3 is 2.50 bits per heavy atom. The second-order valence-corrected chi connectivity index (χ2v) is 2.59. The first-order valence-corrected chi connectivity index (χ1v) is 3.54. The van der Waals surface area contributed by atoms with E-state index < -0.39 is 0 Å². The third-order valence-electron chi connectivity index (χ3n) is 1.98. The summed E-state index contributed by atoms with van der Waals surface area (Å²) in [7, 11) is 0. The van der Waals surface area contributed by atoms with E-state index in [2.05, 4.69) is 5.18 Å². The van der Waals surface area contributed by atoms with Gasteiger partial charge < -0.3 is 0 Å². The molecule has 0 unspecified atom stereocenters. The lowest BCUT2D eigenvalue weighted by Gasteiger charge is -2.07. The topological polar surface area (TPSA) is 61.7 Å². The molecule has 4 nitrogen and oxygen atoms in total. The number of hydrogen-bond donors (Lipinski definition) is 2. The van der Waals surface area contributed by atoms with Gasteiger partial charge in [-0.15, -0.1) is 4.91 Å². The molecular weight excluding hydrogens is 156 g/mol. The highest BCUT2D eigenvalue weighted by Gasteiger charge is 2.04. The lowest BCUT2D eigenvalue weighted by atomic mass is 10.1. The van der Waals surface area contributed by atoms with Crippen LogP contribution >= 0.6 is 0 Å². The zero-order valence-corrected chi connectivity index (χ0v) is 6.96. The SMILES string of the molecule is Cc1c(N=O)ccc(NO)c1C. The summed E-state index contributed by atoms with van der Waals surface area (Å²) in [5.74, 6) is 0. The van der Waals surface area contributed by atoms with Crippen LogP contribution in [0.4, 0.5) is 11.4 Å². The minimum Gasteiger partial charge on any atom is -0.291 e. The first-order valence-electron chi connectivity index (χ1n) is 3.54. The summed E-state index contributed by atoms with van der Waals surface area (Å²) >= 11 is 0. The summed E-state index contributed by atoms with van der Waals surface area (Å²) in [5, 5.41) is 11.5. The van der Waals surface area contributed by atoms with Crippen molar-refractivity contribution in [2.24, 2.45) is 5.18 Å². The Balaban J connectivity index is 3.29. The molecule has 0 bridgehead atoms. The highest BCUT2D eigenvalue weighted by Crippen LogP contribution is 2.26. The maximum absolute atomic E-state index is 10.2. The molecule has 4 heteroatoms. The lowest BCUT2D eigenvalue weighted by Crippen LogP contribution is -1.94. The Bertz CT molecular complexity index is 310. The van der Waals surface area contributed by atoms with E-state index in [-0.39, 0.29) is 0 Å². The van der Waals surface area contributed by atoms with Gasteiger partial charge >= 0.3 is 0 Å². The Morgan fingerprint density at radius 2 is 2.00 bits per heavy atom. The average molecular weight is 166 g/mol. The smallest absolute Gasteiger partial charge is 0.111 e. The molecule has 1 rings (SSSR count). The van der Waals surface area contributed by atoms with Crippen molar-refractivity contribution in [3.05, 3.63) is 28.2 Å². The lowest BCUT2D eigenvalue weighted by molar-refractivity contribution is 0.388. The van der Waals surface area contributed by atoms with Gasteiger partial charge in [0.2, 0.25) is 0 Å². The predicted octanol–water partition coefficient (Wildman–Crippen LogP) is 2.50. The summed E-state index contributed by atoms with van der Waals surface area (Å²) in [4.78, 5) is 10.2. The molecule has 0 radical (unpaired) electrons. The van der Waals surface area contributed by atoms with Crippen molar-refractivity contribution >= 4 is 11.4 Å². The van der Waals surface area contributed by atoms with Crippen molar-refractivity contribution in [3.63, 3.8) is 0 Å². The van der Waals surface area contributed by atoms with Gasteiger partial charge in [-0.3, -0.25) is 10.7 Å². The van der Waals surface area contributed by atoms with Crippen molar-refractivity contribution in [1.82, 2.24) is 0 Å². The van der Waals surface area contributed by atoms with E-state index in [1.165, 1.54) is 0 Å². The summed E-state index contributed by atoms with van der Waals surface area (Å²) in [5.41, 5.74) is 4.66. The van der Waals surface area contributed by atoms with Crippen LogP contribution < -0.4 is 5.48 Å². The molecule has 64 valence electrons. The van der Waals surface area contributed by atoms with E-state index in [9.17, 15) is 4.91 Å². The fraction of sp³-hybridized carbons (Fsp3) is 0.250. The van der Waals surface area contributed by atoms with Crippen LogP contribution in [0.3, 0.4) is 0 Å². The maximum Gasteiger partial charge on any atom is 0.111 e. The predicted molar refractivity (Wildman–Crippen MR) is 46.8 cm³/mol. The Hall–Kier alpha value is -1.42.